The predicted octanol–water partition coefficient (Wildman–Crippen LogP) is 1.83. The predicted molar refractivity (Wildman–Crippen MR) is 148 cm³/mol. The van der Waals surface area contributed by atoms with E-state index in [1.54, 1.807) is 6.07 Å². The summed E-state index contributed by atoms with van der Waals surface area (Å²) in [6.07, 6.45) is -1.26. The maximum Gasteiger partial charge on any atom is 0.405 e. The Morgan fingerprint density at radius 3 is 2.42 bits per heavy atom. The molecule has 11 heteroatoms. The number of amides is 4. The second kappa shape index (κ2) is 14.3. The first-order chi connectivity index (χ1) is 19.1. The number of nitrogens with zero attached hydrogens (tertiary/aromatic N) is 1. The molecule has 3 rings (SSSR count). The van der Waals surface area contributed by atoms with Crippen molar-refractivity contribution in [1.82, 2.24) is 21.3 Å². The zero-order chi connectivity index (χ0) is 29.2. The Bertz CT molecular complexity index is 1250. The molecule has 0 spiro atoms. The van der Waals surface area contributed by atoms with Crippen molar-refractivity contribution in [3.63, 3.8) is 0 Å². The van der Waals surface area contributed by atoms with Gasteiger partial charge in [0.1, 0.15) is 12.1 Å². The summed E-state index contributed by atoms with van der Waals surface area (Å²) in [5.41, 5.74) is 0.764. The van der Waals surface area contributed by atoms with E-state index < -0.39 is 48.1 Å². The van der Waals surface area contributed by atoms with E-state index in [1.165, 1.54) is 0 Å². The lowest BCUT2D eigenvalue weighted by Gasteiger charge is -2.30. The normalized spacial score (nSPS) is 18.1. The van der Waals surface area contributed by atoms with Crippen molar-refractivity contribution >= 4 is 34.6 Å². The Labute approximate surface area is 233 Å². The number of aliphatic hydroxyl groups excluding tert-OH is 1. The number of nitrogens with one attached hydrogen (secondary N) is 4. The fraction of sp³-hybridized carbons (Fsp3) is 0.483. The number of rotatable bonds is 12. The van der Waals surface area contributed by atoms with Crippen LogP contribution in [-0.4, -0.2) is 64.8 Å². The number of hydrogen-bond acceptors (Lipinski definition) is 6. The minimum atomic E-state index is -1.55. The number of aliphatic hydroxyl groups is 1. The van der Waals surface area contributed by atoms with Crippen LogP contribution in [0.15, 0.2) is 42.5 Å². The molecule has 0 aromatic heterocycles. The molecule has 0 saturated carbocycles. The maximum absolute atomic E-state index is 13.4. The van der Waals surface area contributed by atoms with Gasteiger partial charge in [0.25, 0.3) is 0 Å². The summed E-state index contributed by atoms with van der Waals surface area (Å²) in [7, 11) is 0. The van der Waals surface area contributed by atoms with Gasteiger partial charge in [0.15, 0.2) is 6.10 Å². The van der Waals surface area contributed by atoms with E-state index >= 15 is 0 Å². The van der Waals surface area contributed by atoms with Gasteiger partial charge in [0.2, 0.25) is 17.7 Å². The Kier molecular flexibility index (Phi) is 10.8. The van der Waals surface area contributed by atoms with Crippen molar-refractivity contribution in [2.75, 3.05) is 6.54 Å². The third-order valence-electron chi connectivity index (χ3n) is 7.04. The van der Waals surface area contributed by atoms with Gasteiger partial charge in [-0.15, -0.1) is 0 Å². The van der Waals surface area contributed by atoms with Crippen LogP contribution in [0, 0.1) is 23.2 Å². The fourth-order valence-corrected chi connectivity index (χ4v) is 5.03. The van der Waals surface area contributed by atoms with Gasteiger partial charge in [-0.05, 0) is 47.9 Å². The van der Waals surface area contributed by atoms with Crippen LogP contribution in [0.1, 0.15) is 45.1 Å². The van der Waals surface area contributed by atoms with Crippen LogP contribution < -0.4 is 21.3 Å². The van der Waals surface area contributed by atoms with Crippen LogP contribution in [0.4, 0.5) is 4.79 Å². The molecular weight excluding hydrogens is 514 g/mol. The van der Waals surface area contributed by atoms with Crippen LogP contribution in [-0.2, 0) is 20.8 Å². The fourth-order valence-electron chi connectivity index (χ4n) is 5.03. The lowest BCUT2D eigenvalue weighted by atomic mass is 9.89. The van der Waals surface area contributed by atoms with Gasteiger partial charge in [0, 0.05) is 18.9 Å². The molecule has 6 N–H and O–H groups in total. The Morgan fingerprint density at radius 1 is 1.05 bits per heavy atom. The van der Waals surface area contributed by atoms with E-state index in [2.05, 4.69) is 21.3 Å². The molecule has 0 unspecified atom stereocenters. The average molecular weight is 552 g/mol. The summed E-state index contributed by atoms with van der Waals surface area (Å²) in [4.78, 5) is 50.6. The third kappa shape index (κ3) is 8.41. The van der Waals surface area contributed by atoms with Gasteiger partial charge in [-0.2, -0.15) is 5.26 Å². The molecule has 1 saturated heterocycles. The number of benzene rings is 2. The summed E-state index contributed by atoms with van der Waals surface area (Å²) in [5.74, 6) is -2.00. The van der Waals surface area contributed by atoms with E-state index in [1.807, 2.05) is 56.3 Å². The number of nitriles is 1. The molecule has 2 aromatic rings. The maximum atomic E-state index is 13.4. The molecule has 1 fully saturated rings. The molecule has 40 heavy (non-hydrogen) atoms. The second-order valence-electron chi connectivity index (χ2n) is 10.6. The van der Waals surface area contributed by atoms with E-state index in [0.717, 1.165) is 22.8 Å². The van der Waals surface area contributed by atoms with Gasteiger partial charge in [-0.1, -0.05) is 56.3 Å². The van der Waals surface area contributed by atoms with Crippen LogP contribution in [0.25, 0.3) is 10.8 Å². The second-order valence-corrected chi connectivity index (χ2v) is 10.6. The molecule has 0 aliphatic carbocycles. The van der Waals surface area contributed by atoms with Crippen molar-refractivity contribution in [3.8, 4) is 6.07 Å². The standard InChI is InChI=1S/C29H37N5O6/c1-17(2)13-23(27(37)32-22(25(35)16-30)15-20-10-6-12-31-26(20)36)33-28(38)24(34-29(39)40)14-19-9-5-8-18-7-3-4-11-21(18)19/h3-5,7-9,11,17,20,22-25,34-35H,6,10,12-15H2,1-2H3,(H,31,36)(H,32,37)(H,33,38)(H,39,40)/t20-,22-,23-,24-,25+/m0/s1. The average Bonchev–Trinajstić information content (AvgIpc) is 2.92. The Hall–Kier alpha value is -4.17. The van der Waals surface area contributed by atoms with Crippen molar-refractivity contribution in [2.24, 2.45) is 11.8 Å². The lowest BCUT2D eigenvalue weighted by molar-refractivity contribution is -0.131. The van der Waals surface area contributed by atoms with Crippen LogP contribution in [0.2, 0.25) is 0 Å². The van der Waals surface area contributed by atoms with E-state index in [-0.39, 0.29) is 31.1 Å². The van der Waals surface area contributed by atoms with Gasteiger partial charge in [-0.25, -0.2) is 4.79 Å². The summed E-state index contributed by atoms with van der Waals surface area (Å²) in [6.45, 7) is 4.28. The van der Waals surface area contributed by atoms with Crippen molar-refractivity contribution in [3.05, 3.63) is 48.0 Å². The number of fused-ring (bicyclic) bond motifs is 1. The van der Waals surface area contributed by atoms with Crippen LogP contribution >= 0.6 is 0 Å². The number of hydrogen-bond donors (Lipinski definition) is 6. The molecule has 214 valence electrons. The number of carbonyl (C=O) groups excluding carboxylic acids is 3. The largest absolute Gasteiger partial charge is 0.465 e. The smallest absolute Gasteiger partial charge is 0.405 e. The van der Waals surface area contributed by atoms with Crippen molar-refractivity contribution < 1.29 is 29.4 Å². The van der Waals surface area contributed by atoms with Crippen LogP contribution in [0.5, 0.6) is 0 Å². The molecule has 0 bridgehead atoms. The first-order valence-corrected chi connectivity index (χ1v) is 13.5. The molecule has 11 nitrogen and oxygen atoms in total. The third-order valence-corrected chi connectivity index (χ3v) is 7.04. The van der Waals surface area contributed by atoms with Crippen LogP contribution in [0.3, 0.4) is 0 Å². The number of carboxylic acid groups (broad SMARTS) is 1. The van der Waals surface area contributed by atoms with Gasteiger partial charge in [0.05, 0.1) is 12.1 Å². The highest BCUT2D eigenvalue weighted by Gasteiger charge is 2.33. The Morgan fingerprint density at radius 2 is 1.75 bits per heavy atom. The molecule has 2 aromatic carbocycles. The molecule has 1 heterocycles. The first-order valence-electron chi connectivity index (χ1n) is 13.5. The highest BCUT2D eigenvalue weighted by Crippen LogP contribution is 2.21. The molecule has 0 radical (unpaired) electrons. The highest BCUT2D eigenvalue weighted by atomic mass is 16.4. The van der Waals surface area contributed by atoms with E-state index in [0.29, 0.717) is 13.0 Å². The summed E-state index contributed by atoms with van der Waals surface area (Å²) in [5, 5.41) is 41.2. The molecular formula is C29H37N5O6. The first kappa shape index (κ1) is 30.4. The topological polar surface area (TPSA) is 181 Å². The molecule has 1 aliphatic rings. The highest BCUT2D eigenvalue weighted by molar-refractivity contribution is 5.92. The van der Waals surface area contributed by atoms with Gasteiger partial charge >= 0.3 is 6.09 Å². The zero-order valence-electron chi connectivity index (χ0n) is 22.7. The molecule has 4 amide bonds. The molecule has 1 aliphatic heterocycles. The van der Waals surface area contributed by atoms with Gasteiger partial charge < -0.3 is 31.5 Å². The quantitative estimate of drug-likeness (QED) is 0.218. The molecule has 5 atom stereocenters. The number of piperidine rings is 1. The SMILES string of the molecule is CC(C)C[C@H](NC(=O)[C@H](Cc1cccc2ccccc12)NC(=O)O)C(=O)N[C@@H](C[C@@H]1CCCNC1=O)[C@H](O)C#N. The monoisotopic (exact) mass is 551 g/mol. The van der Waals surface area contributed by atoms with E-state index in [9.17, 15) is 34.7 Å². The summed E-state index contributed by atoms with van der Waals surface area (Å²) in [6, 6.07) is 11.6. The summed E-state index contributed by atoms with van der Waals surface area (Å²) >= 11 is 0. The zero-order valence-corrected chi connectivity index (χ0v) is 22.7. The van der Waals surface area contributed by atoms with Gasteiger partial charge in [-0.3, -0.25) is 14.4 Å². The minimum absolute atomic E-state index is 0.0246. The minimum Gasteiger partial charge on any atom is -0.465 e. The Balaban J connectivity index is 1.78. The van der Waals surface area contributed by atoms with E-state index in [4.69, 9.17) is 0 Å². The van der Waals surface area contributed by atoms with Crippen molar-refractivity contribution in [1.29, 1.82) is 5.26 Å². The van der Waals surface area contributed by atoms with Crippen molar-refractivity contribution in [2.45, 2.75) is 70.2 Å². The lowest BCUT2D eigenvalue weighted by Crippen LogP contribution is -2.57. The number of carbonyl (C=O) groups is 4. The summed E-state index contributed by atoms with van der Waals surface area (Å²) < 4.78 is 0.